The van der Waals surface area contributed by atoms with Crippen LogP contribution < -0.4 is 5.32 Å². The zero-order valence-electron chi connectivity index (χ0n) is 18.4. The molecule has 0 bridgehead atoms. The first-order valence-electron chi connectivity index (χ1n) is 10.9. The van der Waals surface area contributed by atoms with Crippen LogP contribution in [0.15, 0.2) is 36.5 Å². The summed E-state index contributed by atoms with van der Waals surface area (Å²) in [7, 11) is 0. The summed E-state index contributed by atoms with van der Waals surface area (Å²) in [6.07, 6.45) is 1.60. The number of nitrogens with one attached hydrogen (secondary N) is 1. The molecule has 1 saturated carbocycles. The van der Waals surface area contributed by atoms with Crippen LogP contribution in [0.1, 0.15) is 67.3 Å². The molecule has 1 N–H and O–H groups in total. The van der Waals surface area contributed by atoms with Gasteiger partial charge < -0.3 is 5.32 Å². The molecular weight excluding hydrogens is 431 g/mol. The van der Waals surface area contributed by atoms with Crippen LogP contribution >= 0.6 is 0 Å². The van der Waals surface area contributed by atoms with Gasteiger partial charge in [0.25, 0.3) is 5.91 Å². The third kappa shape index (κ3) is 4.85. The number of fused-ring (bicyclic) bond motifs is 1. The lowest BCUT2D eigenvalue weighted by Crippen LogP contribution is -2.21. The van der Waals surface area contributed by atoms with E-state index in [2.05, 4.69) is 29.2 Å². The first kappa shape index (κ1) is 22.8. The van der Waals surface area contributed by atoms with Crippen molar-refractivity contribution in [2.45, 2.75) is 51.7 Å². The number of rotatable bonds is 4. The fourth-order valence-electron chi connectivity index (χ4n) is 4.41. The standard InChI is InChI=1S/C24H24F3N5O/c1-14(2)15-6-8-18(9-7-15)32-13-17-11-20(16(12-28)10-21(17)31-32)30-23(33)19-4-3-5-22(29-19)24(25,26)27/h3-5,10-11,13-15,18H,6-9H2,1-2H3,(H,30,33)/t15-,18-. The molecule has 1 amide bonds. The maximum Gasteiger partial charge on any atom is 0.433 e. The summed E-state index contributed by atoms with van der Waals surface area (Å²) in [4.78, 5) is 16.0. The number of aromatic nitrogens is 3. The molecule has 1 aliphatic carbocycles. The smallest absolute Gasteiger partial charge is 0.319 e. The lowest BCUT2D eigenvalue weighted by atomic mass is 9.80. The molecule has 0 radical (unpaired) electrons. The highest BCUT2D eigenvalue weighted by molar-refractivity contribution is 6.04. The molecular formula is C24H24F3N5O. The predicted octanol–water partition coefficient (Wildman–Crippen LogP) is 5.96. The van der Waals surface area contributed by atoms with E-state index in [1.807, 2.05) is 16.9 Å². The number of nitrogens with zero attached hydrogens (tertiary/aromatic N) is 4. The molecule has 3 aromatic rings. The molecule has 0 spiro atoms. The third-order valence-corrected chi connectivity index (χ3v) is 6.36. The minimum atomic E-state index is -4.66. The van der Waals surface area contributed by atoms with Crippen molar-refractivity contribution in [1.29, 1.82) is 5.26 Å². The summed E-state index contributed by atoms with van der Waals surface area (Å²) in [5, 5.41) is 17.5. The van der Waals surface area contributed by atoms with Crippen molar-refractivity contribution in [3.8, 4) is 6.07 Å². The van der Waals surface area contributed by atoms with Crippen molar-refractivity contribution in [3.63, 3.8) is 0 Å². The summed E-state index contributed by atoms with van der Waals surface area (Å²) < 4.78 is 40.7. The van der Waals surface area contributed by atoms with Crippen LogP contribution in [0.3, 0.4) is 0 Å². The van der Waals surface area contributed by atoms with Gasteiger partial charge in [-0.2, -0.15) is 23.5 Å². The average molecular weight is 455 g/mol. The van der Waals surface area contributed by atoms with Gasteiger partial charge in [-0.15, -0.1) is 0 Å². The molecule has 0 unspecified atom stereocenters. The molecule has 9 heteroatoms. The highest BCUT2D eigenvalue weighted by atomic mass is 19.4. The van der Waals surface area contributed by atoms with Gasteiger partial charge in [-0.25, -0.2) is 4.98 Å². The van der Waals surface area contributed by atoms with Crippen LogP contribution in [0.5, 0.6) is 0 Å². The van der Waals surface area contributed by atoms with Gasteiger partial charge in [-0.1, -0.05) is 19.9 Å². The monoisotopic (exact) mass is 455 g/mol. The average Bonchev–Trinajstić information content (AvgIpc) is 3.21. The Kier molecular flexibility index (Phi) is 6.11. The van der Waals surface area contributed by atoms with E-state index < -0.39 is 17.8 Å². The normalized spacial score (nSPS) is 18.9. The number of anilines is 1. The Morgan fingerprint density at radius 1 is 1.21 bits per heavy atom. The fourth-order valence-corrected chi connectivity index (χ4v) is 4.41. The topological polar surface area (TPSA) is 83.6 Å². The summed E-state index contributed by atoms with van der Waals surface area (Å²) in [5.41, 5.74) is -0.521. The van der Waals surface area contributed by atoms with Gasteiger partial charge in [-0.3, -0.25) is 9.48 Å². The van der Waals surface area contributed by atoms with Crippen molar-refractivity contribution in [2.75, 3.05) is 5.32 Å². The molecule has 6 nitrogen and oxygen atoms in total. The van der Waals surface area contributed by atoms with Gasteiger partial charge in [0.2, 0.25) is 0 Å². The van der Waals surface area contributed by atoms with Crippen LogP contribution in [0.25, 0.3) is 10.9 Å². The van der Waals surface area contributed by atoms with Gasteiger partial charge in [-0.05, 0) is 61.8 Å². The number of hydrogen-bond acceptors (Lipinski definition) is 4. The van der Waals surface area contributed by atoms with E-state index >= 15 is 0 Å². The van der Waals surface area contributed by atoms with E-state index in [1.54, 1.807) is 12.1 Å². The van der Waals surface area contributed by atoms with Gasteiger partial charge in [0, 0.05) is 11.6 Å². The highest BCUT2D eigenvalue weighted by Gasteiger charge is 2.33. The summed E-state index contributed by atoms with van der Waals surface area (Å²) in [6.45, 7) is 4.50. The summed E-state index contributed by atoms with van der Waals surface area (Å²) in [6, 6.07) is 8.63. The number of alkyl halides is 3. The Bertz CT molecular complexity index is 1220. The SMILES string of the molecule is CC(C)[C@H]1CC[C@H](n2cc3cc(NC(=O)c4cccc(C(F)(F)F)n4)c(C#N)cc3n2)CC1. The Morgan fingerprint density at radius 2 is 1.94 bits per heavy atom. The second kappa shape index (κ2) is 8.85. The van der Waals surface area contributed by atoms with Crippen molar-refractivity contribution >= 4 is 22.5 Å². The van der Waals surface area contributed by atoms with Crippen LogP contribution in [-0.2, 0) is 6.18 Å². The number of pyridine rings is 1. The van der Waals surface area contributed by atoms with Crippen LogP contribution in [0.4, 0.5) is 18.9 Å². The van der Waals surface area contributed by atoms with Crippen molar-refractivity contribution in [3.05, 3.63) is 53.5 Å². The molecule has 1 aliphatic rings. The maximum atomic E-state index is 12.9. The third-order valence-electron chi connectivity index (χ3n) is 6.36. The Labute approximate surface area is 189 Å². The first-order chi connectivity index (χ1) is 15.7. The maximum absolute atomic E-state index is 12.9. The number of carbonyl (C=O) groups is 1. The van der Waals surface area contributed by atoms with Gasteiger partial charge >= 0.3 is 6.18 Å². The van der Waals surface area contributed by atoms with Crippen LogP contribution in [0.2, 0.25) is 0 Å². The molecule has 1 aromatic carbocycles. The van der Waals surface area contributed by atoms with Crippen molar-refractivity contribution < 1.29 is 18.0 Å². The molecule has 1 fully saturated rings. The second-order valence-corrected chi connectivity index (χ2v) is 8.85. The minimum absolute atomic E-state index is 0.177. The highest BCUT2D eigenvalue weighted by Crippen LogP contribution is 2.36. The van der Waals surface area contributed by atoms with Crippen LogP contribution in [0, 0.1) is 23.2 Å². The Morgan fingerprint density at radius 3 is 2.58 bits per heavy atom. The fraction of sp³-hybridized carbons (Fsp3) is 0.417. The molecule has 2 heterocycles. The second-order valence-electron chi connectivity index (χ2n) is 8.85. The number of halogens is 3. The summed E-state index contributed by atoms with van der Waals surface area (Å²) in [5.74, 6) is 0.567. The number of carbonyl (C=O) groups excluding carboxylic acids is 1. The van der Waals surface area contributed by atoms with Gasteiger partial charge in [0.15, 0.2) is 0 Å². The van der Waals surface area contributed by atoms with E-state index in [0.717, 1.165) is 49.1 Å². The predicted molar refractivity (Wildman–Crippen MR) is 117 cm³/mol. The van der Waals surface area contributed by atoms with Gasteiger partial charge in [0.05, 0.1) is 22.8 Å². The molecule has 0 aliphatic heterocycles. The molecule has 4 rings (SSSR count). The summed E-state index contributed by atoms with van der Waals surface area (Å²) >= 11 is 0. The molecule has 2 aromatic heterocycles. The lowest BCUT2D eigenvalue weighted by molar-refractivity contribution is -0.141. The quantitative estimate of drug-likeness (QED) is 0.526. The van der Waals surface area contributed by atoms with E-state index in [0.29, 0.717) is 11.4 Å². The molecule has 0 saturated heterocycles. The first-order valence-corrected chi connectivity index (χ1v) is 10.9. The zero-order chi connectivity index (χ0) is 23.8. The van der Waals surface area contributed by atoms with E-state index in [9.17, 15) is 23.2 Å². The van der Waals surface area contributed by atoms with E-state index in [4.69, 9.17) is 0 Å². The van der Waals surface area contributed by atoms with Gasteiger partial charge in [0.1, 0.15) is 17.5 Å². The Balaban J connectivity index is 1.57. The Hall–Kier alpha value is -3.41. The van der Waals surface area contributed by atoms with E-state index in [1.165, 1.54) is 6.07 Å². The molecule has 0 atom stereocenters. The number of benzene rings is 1. The number of nitriles is 1. The molecule has 172 valence electrons. The van der Waals surface area contributed by atoms with Crippen molar-refractivity contribution in [1.82, 2.24) is 14.8 Å². The van der Waals surface area contributed by atoms with Crippen molar-refractivity contribution in [2.24, 2.45) is 11.8 Å². The molecule has 33 heavy (non-hydrogen) atoms. The van der Waals surface area contributed by atoms with E-state index in [-0.39, 0.29) is 23.0 Å². The van der Waals surface area contributed by atoms with Crippen LogP contribution in [-0.4, -0.2) is 20.7 Å². The largest absolute Gasteiger partial charge is 0.433 e. The lowest BCUT2D eigenvalue weighted by Gasteiger charge is -2.30. The number of hydrogen-bond donors (Lipinski definition) is 1. The number of amides is 1. The minimum Gasteiger partial charge on any atom is -0.319 e. The zero-order valence-corrected chi connectivity index (χ0v) is 18.4.